The Morgan fingerprint density at radius 2 is 1.74 bits per heavy atom. The number of amides is 2. The Morgan fingerprint density at radius 1 is 1.19 bits per heavy atom. The minimum absolute atomic E-state index is 0.0417. The normalized spacial score (nSPS) is 16.9. The van der Waals surface area contributed by atoms with Crippen LogP contribution in [0.25, 0.3) is 0 Å². The predicted molar refractivity (Wildman–Crippen MR) is 110 cm³/mol. The third kappa shape index (κ3) is 12.7. The van der Waals surface area contributed by atoms with Gasteiger partial charge in [-0.3, -0.25) is 9.59 Å². The third-order valence-corrected chi connectivity index (χ3v) is 4.00. The van der Waals surface area contributed by atoms with E-state index >= 15 is 0 Å². The average Bonchev–Trinajstić information content (AvgIpc) is 2.66. The van der Waals surface area contributed by atoms with Crippen LogP contribution < -0.4 is 0 Å². The van der Waals surface area contributed by atoms with E-state index in [1.54, 1.807) is 24.2 Å². The van der Waals surface area contributed by atoms with Crippen molar-refractivity contribution in [2.75, 3.05) is 26.7 Å². The van der Waals surface area contributed by atoms with Crippen molar-refractivity contribution in [3.63, 3.8) is 0 Å². The van der Waals surface area contributed by atoms with E-state index in [0.29, 0.717) is 32.5 Å². The molecule has 0 aromatic carbocycles. The summed E-state index contributed by atoms with van der Waals surface area (Å²) in [7, 11) is 1.71. The molecule has 27 heavy (non-hydrogen) atoms. The Hall–Kier alpha value is -2.21. The van der Waals surface area contributed by atoms with Crippen LogP contribution in [0.5, 0.6) is 0 Å². The monoisotopic (exact) mass is 380 g/mol. The van der Waals surface area contributed by atoms with Gasteiger partial charge in [0.2, 0.25) is 12.3 Å². The molecule has 0 saturated carbocycles. The van der Waals surface area contributed by atoms with Crippen molar-refractivity contribution >= 4 is 19.1 Å². The van der Waals surface area contributed by atoms with Crippen LogP contribution in [-0.4, -0.2) is 67.3 Å². The van der Waals surface area contributed by atoms with Gasteiger partial charge in [-0.05, 0) is 39.7 Å². The number of allylic oxidation sites excluding steroid dienone is 4. The van der Waals surface area contributed by atoms with Gasteiger partial charge in [0.15, 0.2) is 0 Å². The van der Waals surface area contributed by atoms with Gasteiger partial charge in [0.1, 0.15) is 6.79 Å². The van der Waals surface area contributed by atoms with E-state index in [4.69, 9.17) is 9.53 Å². The Balaban J connectivity index is 0. The molecule has 1 aliphatic heterocycles. The fourth-order valence-corrected chi connectivity index (χ4v) is 2.17. The number of ether oxygens (including phenoxy) is 1. The number of piperazine rings is 1. The number of carbonyl (C=O) groups excluding carboxylic acids is 3. The minimum atomic E-state index is 0.0417. The second-order valence-electron chi connectivity index (χ2n) is 7.03. The van der Waals surface area contributed by atoms with Crippen molar-refractivity contribution in [1.82, 2.24) is 9.80 Å². The molecule has 1 atom stereocenters. The summed E-state index contributed by atoms with van der Waals surface area (Å²) in [6.45, 7) is 19.2. The Bertz CT molecular complexity index is 495. The highest BCUT2D eigenvalue weighted by Crippen LogP contribution is 2.12. The maximum absolute atomic E-state index is 12.1. The highest BCUT2D eigenvalue weighted by atomic mass is 16.5. The molecule has 1 saturated heterocycles. The Morgan fingerprint density at radius 3 is 2.11 bits per heavy atom. The molecule has 2 amide bonds. The van der Waals surface area contributed by atoms with Gasteiger partial charge >= 0.3 is 0 Å². The lowest BCUT2D eigenvalue weighted by molar-refractivity contribution is -0.137. The molecule has 154 valence electrons. The first-order valence-corrected chi connectivity index (χ1v) is 8.95. The largest absolute Gasteiger partial charge is 0.379 e. The summed E-state index contributed by atoms with van der Waals surface area (Å²) < 4.78 is 4.94. The van der Waals surface area contributed by atoms with Gasteiger partial charge in [-0.2, -0.15) is 0 Å². The van der Waals surface area contributed by atoms with Gasteiger partial charge in [0.05, 0.1) is 5.60 Å². The zero-order chi connectivity index (χ0) is 21.5. The zero-order valence-corrected chi connectivity index (χ0v) is 17.6. The zero-order valence-electron chi connectivity index (χ0n) is 17.6. The molecular weight excluding hydrogens is 344 g/mol. The molecule has 0 radical (unpaired) electrons. The highest BCUT2D eigenvalue weighted by Gasteiger charge is 2.25. The first kappa shape index (κ1) is 27.0. The van der Waals surface area contributed by atoms with E-state index in [1.807, 2.05) is 45.5 Å². The summed E-state index contributed by atoms with van der Waals surface area (Å²) in [5.41, 5.74) is 1.06. The lowest BCUT2D eigenvalue weighted by Crippen LogP contribution is -2.52. The number of nitrogens with zero attached hydrogens (tertiary/aromatic N) is 2. The van der Waals surface area contributed by atoms with E-state index in [-0.39, 0.29) is 17.6 Å². The predicted octanol–water partition coefficient (Wildman–Crippen LogP) is 3.00. The SMILES string of the molecule is C=C/C=C(\C=C)CCC(=O)N1CCN(C=O)C(C)C1.C=O.COC(C)(C)C. The van der Waals surface area contributed by atoms with Crippen molar-refractivity contribution in [2.24, 2.45) is 0 Å². The van der Waals surface area contributed by atoms with E-state index in [2.05, 4.69) is 13.2 Å². The van der Waals surface area contributed by atoms with Crippen LogP contribution in [0.3, 0.4) is 0 Å². The maximum Gasteiger partial charge on any atom is 0.223 e. The lowest BCUT2D eigenvalue weighted by atomic mass is 10.1. The number of hydrogen-bond acceptors (Lipinski definition) is 4. The summed E-state index contributed by atoms with van der Waals surface area (Å²) in [5.74, 6) is 0.134. The molecule has 1 unspecified atom stereocenters. The van der Waals surface area contributed by atoms with Crippen LogP contribution in [-0.2, 0) is 19.1 Å². The third-order valence-electron chi connectivity index (χ3n) is 4.00. The van der Waals surface area contributed by atoms with E-state index in [1.165, 1.54) is 0 Å². The molecule has 0 N–H and O–H groups in total. The number of rotatable bonds is 6. The average molecular weight is 381 g/mol. The van der Waals surface area contributed by atoms with Crippen molar-refractivity contribution in [3.05, 3.63) is 37.0 Å². The summed E-state index contributed by atoms with van der Waals surface area (Å²) >= 11 is 0. The smallest absolute Gasteiger partial charge is 0.223 e. The van der Waals surface area contributed by atoms with Gasteiger partial charge in [0.25, 0.3) is 0 Å². The Kier molecular flexibility index (Phi) is 14.9. The van der Waals surface area contributed by atoms with E-state index in [0.717, 1.165) is 12.0 Å². The molecule has 0 spiro atoms. The quantitative estimate of drug-likeness (QED) is 0.525. The molecule has 0 aliphatic carbocycles. The van der Waals surface area contributed by atoms with Crippen LogP contribution in [0.4, 0.5) is 0 Å². The number of hydrogen-bond donors (Lipinski definition) is 0. The Labute approximate surface area is 164 Å². The van der Waals surface area contributed by atoms with Crippen molar-refractivity contribution in [2.45, 2.75) is 52.2 Å². The summed E-state index contributed by atoms with van der Waals surface area (Å²) in [6.07, 6.45) is 7.33. The van der Waals surface area contributed by atoms with Gasteiger partial charge in [0, 0.05) is 39.2 Å². The molecule has 6 heteroatoms. The first-order valence-electron chi connectivity index (χ1n) is 8.95. The van der Waals surface area contributed by atoms with Crippen LogP contribution in [0, 0.1) is 0 Å². The van der Waals surface area contributed by atoms with Gasteiger partial charge in [-0.25, -0.2) is 0 Å². The molecule has 0 aromatic heterocycles. The molecule has 0 aromatic rings. The molecule has 1 aliphatic rings. The van der Waals surface area contributed by atoms with Gasteiger partial charge < -0.3 is 19.3 Å². The molecular formula is C21H36N2O4. The molecule has 1 fully saturated rings. The van der Waals surface area contributed by atoms with Crippen molar-refractivity contribution in [3.8, 4) is 0 Å². The minimum Gasteiger partial charge on any atom is -0.379 e. The summed E-state index contributed by atoms with van der Waals surface area (Å²) in [6, 6.07) is 0.0952. The fraction of sp³-hybridized carbons (Fsp3) is 0.571. The maximum atomic E-state index is 12.1. The summed E-state index contributed by atoms with van der Waals surface area (Å²) in [5, 5.41) is 0. The second-order valence-corrected chi connectivity index (χ2v) is 7.03. The number of carbonyl (C=O) groups is 3. The van der Waals surface area contributed by atoms with E-state index in [9.17, 15) is 9.59 Å². The van der Waals surface area contributed by atoms with Crippen LogP contribution in [0.1, 0.15) is 40.5 Å². The van der Waals surface area contributed by atoms with E-state index < -0.39 is 0 Å². The van der Waals surface area contributed by atoms with Gasteiger partial charge in [-0.1, -0.05) is 31.4 Å². The van der Waals surface area contributed by atoms with Crippen molar-refractivity contribution < 1.29 is 19.1 Å². The lowest BCUT2D eigenvalue weighted by Gasteiger charge is -2.37. The topological polar surface area (TPSA) is 66.9 Å². The standard InChI is InChI=1S/C15H22N2O2.C5H12O.CH2O/c1-4-6-14(5-2)7-8-15(19)16-9-10-17(12-18)13(3)11-16;1-5(2,3)6-4;1-2/h4-6,12-13H,1-2,7-11H2,3H3;1-4H3;1H2/b14-6+;;. The summed E-state index contributed by atoms with van der Waals surface area (Å²) in [4.78, 5) is 34.4. The van der Waals surface area contributed by atoms with Crippen LogP contribution in [0.15, 0.2) is 37.0 Å². The highest BCUT2D eigenvalue weighted by molar-refractivity contribution is 5.76. The molecule has 1 rings (SSSR count). The molecule has 6 nitrogen and oxygen atoms in total. The fourth-order valence-electron chi connectivity index (χ4n) is 2.17. The molecule has 1 heterocycles. The number of methoxy groups -OCH3 is 1. The van der Waals surface area contributed by atoms with Crippen LogP contribution >= 0.6 is 0 Å². The first-order chi connectivity index (χ1) is 12.7. The molecule has 0 bridgehead atoms. The second kappa shape index (κ2) is 14.9. The van der Waals surface area contributed by atoms with Gasteiger partial charge in [-0.15, -0.1) is 0 Å². The van der Waals surface area contributed by atoms with Crippen molar-refractivity contribution in [1.29, 1.82) is 0 Å². The van der Waals surface area contributed by atoms with Crippen LogP contribution in [0.2, 0.25) is 0 Å².